The third-order valence-electron chi connectivity index (χ3n) is 5.46. The lowest BCUT2D eigenvalue weighted by atomic mass is 9.98. The normalized spacial score (nSPS) is 17.7. The van der Waals surface area contributed by atoms with E-state index in [4.69, 9.17) is 11.6 Å². The van der Waals surface area contributed by atoms with E-state index in [0.29, 0.717) is 0 Å². The smallest absolute Gasteiger partial charge is 0.387 e. The fraction of sp³-hybridized carbons (Fsp3) is 0.565. The van der Waals surface area contributed by atoms with Gasteiger partial charge in [0, 0.05) is 17.9 Å². The van der Waals surface area contributed by atoms with E-state index in [0.717, 1.165) is 37.8 Å². The molecule has 8 heteroatoms. The first kappa shape index (κ1) is 25.1. The van der Waals surface area contributed by atoms with Crippen LogP contribution in [-0.4, -0.2) is 11.9 Å². The lowest BCUT2D eigenvalue weighted by molar-refractivity contribution is -0.137. The maximum absolute atomic E-state index is 13.0. The minimum Gasteiger partial charge on any atom is -0.387 e. The molecule has 0 heterocycles. The maximum atomic E-state index is 13.0. The van der Waals surface area contributed by atoms with Crippen LogP contribution in [0.15, 0.2) is 30.0 Å². The Hall–Kier alpha value is -2.20. The SMILES string of the molecule is N#C/C(=C/NC1CCCCCCCCCCC1)C(=O)Nc1ccc(Cl)c(C(F)(F)F)c1. The highest BCUT2D eigenvalue weighted by molar-refractivity contribution is 6.31. The van der Waals surface area contributed by atoms with Crippen molar-refractivity contribution in [3.63, 3.8) is 0 Å². The van der Waals surface area contributed by atoms with Crippen molar-refractivity contribution in [2.75, 3.05) is 5.32 Å². The molecule has 0 atom stereocenters. The number of hydrogen-bond acceptors (Lipinski definition) is 3. The highest BCUT2D eigenvalue weighted by Crippen LogP contribution is 2.36. The predicted octanol–water partition coefficient (Wildman–Crippen LogP) is 6.97. The molecule has 2 N–H and O–H groups in total. The van der Waals surface area contributed by atoms with Crippen LogP contribution in [0.25, 0.3) is 0 Å². The molecule has 2 rings (SSSR count). The molecule has 0 spiro atoms. The Balaban J connectivity index is 2.01. The number of benzene rings is 1. The second-order valence-corrected chi connectivity index (χ2v) is 8.35. The summed E-state index contributed by atoms with van der Waals surface area (Å²) < 4.78 is 39.0. The molecule has 0 aliphatic heterocycles. The van der Waals surface area contributed by atoms with E-state index in [1.54, 1.807) is 0 Å². The van der Waals surface area contributed by atoms with Crippen molar-refractivity contribution in [1.82, 2.24) is 5.32 Å². The summed E-state index contributed by atoms with van der Waals surface area (Å²) in [5, 5.41) is 14.4. The van der Waals surface area contributed by atoms with Crippen LogP contribution in [0.5, 0.6) is 0 Å². The Morgan fingerprint density at radius 3 is 2.10 bits per heavy atom. The van der Waals surface area contributed by atoms with Crippen LogP contribution in [0.4, 0.5) is 18.9 Å². The summed E-state index contributed by atoms with van der Waals surface area (Å²) in [6.45, 7) is 0. The average molecular weight is 456 g/mol. The van der Waals surface area contributed by atoms with E-state index < -0.39 is 22.7 Å². The second kappa shape index (κ2) is 12.6. The molecule has 31 heavy (non-hydrogen) atoms. The third kappa shape index (κ3) is 8.82. The first-order valence-corrected chi connectivity index (χ1v) is 11.2. The number of carbonyl (C=O) groups excluding carboxylic acids is 1. The number of halogens is 4. The molecule has 0 aromatic heterocycles. The summed E-state index contributed by atoms with van der Waals surface area (Å²) in [5.74, 6) is -0.765. The molecule has 0 bridgehead atoms. The van der Waals surface area contributed by atoms with E-state index in [1.165, 1.54) is 57.2 Å². The van der Waals surface area contributed by atoms with Gasteiger partial charge in [-0.3, -0.25) is 4.79 Å². The van der Waals surface area contributed by atoms with Crippen molar-refractivity contribution in [2.24, 2.45) is 0 Å². The lowest BCUT2D eigenvalue weighted by Crippen LogP contribution is -2.26. The molecule has 1 fully saturated rings. The molecule has 0 saturated heterocycles. The fourth-order valence-corrected chi connectivity index (χ4v) is 3.92. The highest BCUT2D eigenvalue weighted by Gasteiger charge is 2.33. The maximum Gasteiger partial charge on any atom is 0.417 e. The Bertz CT molecular complexity index is 790. The number of anilines is 1. The molecule has 1 aliphatic carbocycles. The average Bonchev–Trinajstić information content (AvgIpc) is 2.70. The molecule has 1 saturated carbocycles. The van der Waals surface area contributed by atoms with Gasteiger partial charge in [-0.15, -0.1) is 0 Å². The number of alkyl halides is 3. The van der Waals surface area contributed by atoms with Gasteiger partial charge < -0.3 is 10.6 Å². The molecule has 0 unspecified atom stereocenters. The standard InChI is InChI=1S/C23H29ClF3N3O/c24-21-13-12-19(14-20(21)23(25,26)27)30-22(31)17(15-28)16-29-18-10-8-6-4-2-1-3-5-7-9-11-18/h12-14,16,18,29H,1-11H2,(H,30,31)/b17-16-. The van der Waals surface area contributed by atoms with Gasteiger partial charge >= 0.3 is 6.18 Å². The number of amides is 1. The number of rotatable bonds is 4. The first-order chi connectivity index (χ1) is 14.8. The summed E-state index contributed by atoms with van der Waals surface area (Å²) in [6, 6.07) is 5.09. The molecule has 1 aromatic rings. The fourth-order valence-electron chi connectivity index (χ4n) is 3.70. The van der Waals surface area contributed by atoms with Gasteiger partial charge in [0.15, 0.2) is 0 Å². The molecular weight excluding hydrogens is 427 g/mol. The van der Waals surface area contributed by atoms with Crippen LogP contribution in [0.3, 0.4) is 0 Å². The topological polar surface area (TPSA) is 64.9 Å². The van der Waals surface area contributed by atoms with Gasteiger partial charge in [-0.25, -0.2) is 0 Å². The summed E-state index contributed by atoms with van der Waals surface area (Å²) in [5.41, 5.74) is -1.30. The highest BCUT2D eigenvalue weighted by atomic mass is 35.5. The molecule has 170 valence electrons. The van der Waals surface area contributed by atoms with Gasteiger partial charge in [-0.2, -0.15) is 18.4 Å². The van der Waals surface area contributed by atoms with Crippen LogP contribution >= 0.6 is 11.6 Å². The van der Waals surface area contributed by atoms with Gasteiger partial charge in [-0.05, 0) is 31.0 Å². The second-order valence-electron chi connectivity index (χ2n) is 7.94. The number of nitrogens with one attached hydrogen (secondary N) is 2. The van der Waals surface area contributed by atoms with E-state index in [-0.39, 0.29) is 17.3 Å². The molecular formula is C23H29ClF3N3O. The van der Waals surface area contributed by atoms with Crippen molar-refractivity contribution in [2.45, 2.75) is 82.8 Å². The van der Waals surface area contributed by atoms with Crippen molar-refractivity contribution in [3.8, 4) is 6.07 Å². The van der Waals surface area contributed by atoms with E-state index in [9.17, 15) is 23.2 Å². The number of carbonyl (C=O) groups is 1. The van der Waals surface area contributed by atoms with Gasteiger partial charge in [0.05, 0.1) is 10.6 Å². The van der Waals surface area contributed by atoms with Crippen LogP contribution in [0.1, 0.15) is 76.2 Å². The van der Waals surface area contributed by atoms with Gasteiger partial charge in [0.1, 0.15) is 11.6 Å². The van der Waals surface area contributed by atoms with Crippen molar-refractivity contribution in [3.05, 3.63) is 40.6 Å². The molecule has 1 aromatic carbocycles. The van der Waals surface area contributed by atoms with Gasteiger partial charge in [-0.1, -0.05) is 69.4 Å². The monoisotopic (exact) mass is 455 g/mol. The summed E-state index contributed by atoms with van der Waals surface area (Å²) in [6.07, 6.45) is 9.51. The zero-order valence-electron chi connectivity index (χ0n) is 17.5. The Labute approximate surface area is 186 Å². The number of nitrogens with zero attached hydrogens (tertiary/aromatic N) is 1. The lowest BCUT2D eigenvalue weighted by Gasteiger charge is -2.18. The molecule has 1 amide bonds. The first-order valence-electron chi connectivity index (χ1n) is 10.9. The summed E-state index contributed by atoms with van der Waals surface area (Å²) in [7, 11) is 0. The minimum atomic E-state index is -4.64. The third-order valence-corrected chi connectivity index (χ3v) is 5.79. The van der Waals surface area contributed by atoms with Crippen molar-refractivity contribution in [1.29, 1.82) is 5.26 Å². The van der Waals surface area contributed by atoms with Gasteiger partial charge in [0.2, 0.25) is 0 Å². The zero-order chi connectivity index (χ0) is 22.7. The Morgan fingerprint density at radius 2 is 1.58 bits per heavy atom. The molecule has 1 aliphatic rings. The minimum absolute atomic E-state index is 0.0751. The van der Waals surface area contributed by atoms with E-state index in [1.807, 2.05) is 6.07 Å². The Morgan fingerprint density at radius 1 is 1.03 bits per heavy atom. The van der Waals surface area contributed by atoms with Gasteiger partial charge in [0.25, 0.3) is 5.91 Å². The number of nitriles is 1. The zero-order valence-corrected chi connectivity index (χ0v) is 18.3. The quantitative estimate of drug-likeness (QED) is 0.380. The van der Waals surface area contributed by atoms with Crippen LogP contribution < -0.4 is 10.6 Å². The summed E-state index contributed by atoms with van der Waals surface area (Å²) >= 11 is 5.60. The van der Waals surface area contributed by atoms with Crippen LogP contribution in [-0.2, 0) is 11.0 Å². The molecule has 4 nitrogen and oxygen atoms in total. The van der Waals surface area contributed by atoms with Crippen molar-refractivity contribution < 1.29 is 18.0 Å². The number of hydrogen-bond donors (Lipinski definition) is 2. The predicted molar refractivity (Wildman–Crippen MR) is 116 cm³/mol. The summed E-state index contributed by atoms with van der Waals surface area (Å²) in [4.78, 5) is 12.4. The Kier molecular flexibility index (Phi) is 10.2. The molecule has 0 radical (unpaired) electrons. The van der Waals surface area contributed by atoms with Crippen LogP contribution in [0, 0.1) is 11.3 Å². The van der Waals surface area contributed by atoms with Crippen LogP contribution in [0.2, 0.25) is 5.02 Å². The van der Waals surface area contributed by atoms with Crippen molar-refractivity contribution >= 4 is 23.2 Å². The largest absolute Gasteiger partial charge is 0.417 e. The van der Waals surface area contributed by atoms with E-state index in [2.05, 4.69) is 10.6 Å². The van der Waals surface area contributed by atoms with E-state index >= 15 is 0 Å².